The van der Waals surface area contributed by atoms with Crippen LogP contribution in [0.3, 0.4) is 0 Å². The molecule has 1 aromatic carbocycles. The Balaban J connectivity index is 2.01. The first-order valence-electron chi connectivity index (χ1n) is 6.22. The number of rotatable bonds is 3. The fourth-order valence-corrected chi connectivity index (χ4v) is 2.05. The number of amides is 1. The van der Waals surface area contributed by atoms with E-state index in [-0.39, 0.29) is 18.1 Å². The van der Waals surface area contributed by atoms with Gasteiger partial charge in [0.15, 0.2) is 0 Å². The zero-order chi connectivity index (χ0) is 13.8. The number of nitrogens with zero attached hydrogens (tertiary/aromatic N) is 2. The molecule has 0 spiro atoms. The maximum absolute atomic E-state index is 13.6. The summed E-state index contributed by atoms with van der Waals surface area (Å²) in [4.78, 5) is 15.3. The smallest absolute Gasteiger partial charge is 0.240 e. The van der Waals surface area contributed by atoms with E-state index < -0.39 is 11.6 Å². The summed E-state index contributed by atoms with van der Waals surface area (Å²) < 4.78 is 26.4. The number of halogens is 2. The van der Waals surface area contributed by atoms with Crippen LogP contribution in [0, 0.1) is 11.6 Å². The van der Waals surface area contributed by atoms with Gasteiger partial charge in [-0.1, -0.05) is 0 Å². The van der Waals surface area contributed by atoms with Gasteiger partial charge in [0.05, 0.1) is 12.2 Å². The number of hydrogen-bond donors (Lipinski definition) is 1. The van der Waals surface area contributed by atoms with Crippen LogP contribution in [0.4, 0.5) is 14.5 Å². The first-order chi connectivity index (χ1) is 9.08. The summed E-state index contributed by atoms with van der Waals surface area (Å²) in [6.45, 7) is 3.54. The largest absolute Gasteiger partial charge is 0.314 e. The van der Waals surface area contributed by atoms with Crippen LogP contribution in [0.2, 0.25) is 0 Å². The first kappa shape index (κ1) is 13.9. The lowest BCUT2D eigenvalue weighted by Gasteiger charge is -2.28. The summed E-state index contributed by atoms with van der Waals surface area (Å²) >= 11 is 0. The molecule has 2 rings (SSSR count). The summed E-state index contributed by atoms with van der Waals surface area (Å²) in [5.74, 6) is -1.58. The monoisotopic (exact) mass is 269 g/mol. The van der Waals surface area contributed by atoms with Crippen molar-refractivity contribution in [1.82, 2.24) is 10.2 Å². The number of hydrogen-bond acceptors (Lipinski definition) is 3. The molecule has 4 nitrogen and oxygen atoms in total. The first-order valence-corrected chi connectivity index (χ1v) is 6.22. The third kappa shape index (κ3) is 3.48. The standard InChI is InChI=1S/C13H17F2N3O/c1-17(12-3-2-10(14)8-11(12)15)13(19)9-18-6-4-16-5-7-18/h2-3,8,16H,4-7,9H2,1H3. The van der Waals surface area contributed by atoms with Crippen molar-refractivity contribution >= 4 is 11.6 Å². The number of anilines is 1. The number of likely N-dealkylation sites (N-methyl/N-ethyl adjacent to an activating group) is 1. The minimum atomic E-state index is -0.726. The Hall–Kier alpha value is -1.53. The molecule has 1 aliphatic rings. The van der Waals surface area contributed by atoms with Gasteiger partial charge < -0.3 is 10.2 Å². The second-order valence-electron chi connectivity index (χ2n) is 4.57. The van der Waals surface area contributed by atoms with Crippen molar-refractivity contribution in [2.45, 2.75) is 0 Å². The highest BCUT2D eigenvalue weighted by molar-refractivity contribution is 5.94. The minimum Gasteiger partial charge on any atom is -0.314 e. The normalized spacial score (nSPS) is 16.4. The van der Waals surface area contributed by atoms with Crippen LogP contribution in [0.15, 0.2) is 18.2 Å². The van der Waals surface area contributed by atoms with Gasteiger partial charge in [-0.3, -0.25) is 9.69 Å². The predicted molar refractivity (Wildman–Crippen MR) is 69.1 cm³/mol. The van der Waals surface area contributed by atoms with Crippen LogP contribution < -0.4 is 10.2 Å². The Morgan fingerprint density at radius 2 is 2.05 bits per heavy atom. The van der Waals surface area contributed by atoms with Crippen molar-refractivity contribution in [1.29, 1.82) is 0 Å². The summed E-state index contributed by atoms with van der Waals surface area (Å²) in [7, 11) is 1.50. The average molecular weight is 269 g/mol. The molecule has 19 heavy (non-hydrogen) atoms. The Morgan fingerprint density at radius 3 is 2.68 bits per heavy atom. The number of piperazine rings is 1. The lowest BCUT2D eigenvalue weighted by Crippen LogP contribution is -2.48. The minimum absolute atomic E-state index is 0.0986. The van der Waals surface area contributed by atoms with E-state index in [4.69, 9.17) is 0 Å². The van der Waals surface area contributed by atoms with Crippen molar-refractivity contribution < 1.29 is 13.6 Å². The van der Waals surface area contributed by atoms with Crippen LogP contribution in [0.1, 0.15) is 0 Å². The number of carbonyl (C=O) groups is 1. The van der Waals surface area contributed by atoms with Gasteiger partial charge in [-0.2, -0.15) is 0 Å². The zero-order valence-corrected chi connectivity index (χ0v) is 10.8. The lowest BCUT2D eigenvalue weighted by molar-refractivity contribution is -0.119. The van der Waals surface area contributed by atoms with E-state index in [0.29, 0.717) is 0 Å². The van der Waals surface area contributed by atoms with Crippen molar-refractivity contribution in [3.05, 3.63) is 29.8 Å². The third-order valence-electron chi connectivity index (χ3n) is 3.21. The highest BCUT2D eigenvalue weighted by Crippen LogP contribution is 2.19. The second-order valence-corrected chi connectivity index (χ2v) is 4.57. The maximum Gasteiger partial charge on any atom is 0.240 e. The van der Waals surface area contributed by atoms with Crippen molar-refractivity contribution in [3.63, 3.8) is 0 Å². The highest BCUT2D eigenvalue weighted by Gasteiger charge is 2.19. The van der Waals surface area contributed by atoms with E-state index in [1.807, 2.05) is 4.90 Å². The molecule has 1 aromatic rings. The molecule has 1 aliphatic heterocycles. The van der Waals surface area contributed by atoms with Gasteiger partial charge >= 0.3 is 0 Å². The molecule has 1 saturated heterocycles. The number of benzene rings is 1. The molecule has 1 N–H and O–H groups in total. The van der Waals surface area contributed by atoms with Crippen LogP contribution >= 0.6 is 0 Å². The molecule has 104 valence electrons. The summed E-state index contributed by atoms with van der Waals surface area (Å²) in [5.41, 5.74) is 0.0986. The van der Waals surface area contributed by atoms with E-state index in [2.05, 4.69) is 5.32 Å². The fourth-order valence-electron chi connectivity index (χ4n) is 2.05. The molecule has 1 fully saturated rings. The fraction of sp³-hybridized carbons (Fsp3) is 0.462. The molecular weight excluding hydrogens is 252 g/mol. The molecule has 0 radical (unpaired) electrons. The molecule has 6 heteroatoms. The van der Waals surface area contributed by atoms with Gasteiger partial charge in [-0.25, -0.2) is 8.78 Å². The van der Waals surface area contributed by atoms with E-state index in [0.717, 1.165) is 38.3 Å². The summed E-state index contributed by atoms with van der Waals surface area (Å²) in [6.07, 6.45) is 0. The van der Waals surface area contributed by atoms with Gasteiger partial charge in [0, 0.05) is 39.3 Å². The lowest BCUT2D eigenvalue weighted by atomic mass is 10.2. The molecule has 0 aromatic heterocycles. The predicted octanol–water partition coefficient (Wildman–Crippen LogP) is 0.833. The Kier molecular flexibility index (Phi) is 4.44. The molecule has 0 unspecified atom stereocenters. The van der Waals surface area contributed by atoms with Crippen LogP contribution in [0.25, 0.3) is 0 Å². The van der Waals surface area contributed by atoms with Gasteiger partial charge in [-0.05, 0) is 12.1 Å². The SMILES string of the molecule is CN(C(=O)CN1CCNCC1)c1ccc(F)cc1F. The van der Waals surface area contributed by atoms with Crippen molar-refractivity contribution in [2.75, 3.05) is 44.7 Å². The van der Waals surface area contributed by atoms with Gasteiger partial charge in [0.25, 0.3) is 0 Å². The summed E-state index contributed by atoms with van der Waals surface area (Å²) in [5, 5.41) is 3.20. The summed E-state index contributed by atoms with van der Waals surface area (Å²) in [6, 6.07) is 3.21. The van der Waals surface area contributed by atoms with Gasteiger partial charge in [0.1, 0.15) is 11.6 Å². The zero-order valence-electron chi connectivity index (χ0n) is 10.8. The van der Waals surface area contributed by atoms with E-state index >= 15 is 0 Å². The number of carbonyl (C=O) groups excluding carboxylic acids is 1. The molecule has 1 amide bonds. The molecule has 1 heterocycles. The Bertz CT molecular complexity index is 461. The maximum atomic E-state index is 13.6. The van der Waals surface area contributed by atoms with Gasteiger partial charge in [0.2, 0.25) is 5.91 Å². The Labute approximate surface area is 111 Å². The molecule has 0 bridgehead atoms. The van der Waals surface area contributed by atoms with Gasteiger partial charge in [-0.15, -0.1) is 0 Å². The van der Waals surface area contributed by atoms with Crippen LogP contribution in [-0.2, 0) is 4.79 Å². The molecule has 0 saturated carbocycles. The molecule has 0 aliphatic carbocycles. The van der Waals surface area contributed by atoms with E-state index in [1.54, 1.807) is 0 Å². The molecule has 0 atom stereocenters. The highest BCUT2D eigenvalue weighted by atomic mass is 19.1. The van der Waals surface area contributed by atoms with E-state index in [1.165, 1.54) is 18.0 Å². The van der Waals surface area contributed by atoms with Crippen molar-refractivity contribution in [3.8, 4) is 0 Å². The third-order valence-corrected chi connectivity index (χ3v) is 3.21. The molecular formula is C13H17F2N3O. The average Bonchev–Trinajstić information content (AvgIpc) is 2.39. The van der Waals surface area contributed by atoms with Crippen molar-refractivity contribution in [2.24, 2.45) is 0 Å². The van der Waals surface area contributed by atoms with Crippen LogP contribution in [0.5, 0.6) is 0 Å². The topological polar surface area (TPSA) is 35.6 Å². The number of nitrogens with one attached hydrogen (secondary N) is 1. The van der Waals surface area contributed by atoms with Crippen LogP contribution in [-0.4, -0.2) is 50.6 Å². The quantitative estimate of drug-likeness (QED) is 0.883. The Morgan fingerprint density at radius 1 is 1.37 bits per heavy atom. The van der Waals surface area contributed by atoms with E-state index in [9.17, 15) is 13.6 Å². The second kappa shape index (κ2) is 6.08.